The Morgan fingerprint density at radius 1 is 1.00 bits per heavy atom. The van der Waals surface area contributed by atoms with E-state index in [4.69, 9.17) is 10.3 Å². The topological polar surface area (TPSA) is 115 Å². The van der Waals surface area contributed by atoms with Gasteiger partial charge < -0.3 is 5.73 Å². The SMILES string of the molecule is NCCS(=O)(=O)CCS(=O)(=O)O. The van der Waals surface area contributed by atoms with Crippen LogP contribution in [0.15, 0.2) is 0 Å². The van der Waals surface area contributed by atoms with Gasteiger partial charge in [0.15, 0.2) is 9.84 Å². The van der Waals surface area contributed by atoms with Crippen LogP contribution in [0.4, 0.5) is 0 Å². The molecule has 0 bridgehead atoms. The van der Waals surface area contributed by atoms with Crippen LogP contribution in [0.25, 0.3) is 0 Å². The summed E-state index contributed by atoms with van der Waals surface area (Å²) in [6.45, 7) is -0.0478. The molecule has 74 valence electrons. The predicted molar refractivity (Wildman–Crippen MR) is 44.1 cm³/mol. The number of rotatable bonds is 5. The highest BCUT2D eigenvalue weighted by atomic mass is 32.2. The van der Waals surface area contributed by atoms with Crippen molar-refractivity contribution in [2.24, 2.45) is 5.73 Å². The molecule has 0 saturated carbocycles. The zero-order valence-electron chi connectivity index (χ0n) is 6.30. The molecule has 0 unspecified atom stereocenters. The van der Waals surface area contributed by atoms with E-state index in [0.29, 0.717) is 0 Å². The Bertz CT molecular complexity index is 315. The van der Waals surface area contributed by atoms with Gasteiger partial charge in [0.1, 0.15) is 0 Å². The van der Waals surface area contributed by atoms with Gasteiger partial charge in [0, 0.05) is 6.54 Å². The first-order valence-electron chi connectivity index (χ1n) is 3.12. The first-order valence-corrected chi connectivity index (χ1v) is 6.55. The quantitative estimate of drug-likeness (QED) is 0.528. The zero-order valence-corrected chi connectivity index (χ0v) is 7.94. The van der Waals surface area contributed by atoms with Crippen molar-refractivity contribution in [1.82, 2.24) is 0 Å². The average molecular weight is 217 g/mol. The summed E-state index contributed by atoms with van der Waals surface area (Å²) in [7, 11) is -7.62. The summed E-state index contributed by atoms with van der Waals surface area (Å²) in [6, 6.07) is 0. The Labute approximate surface area is 71.4 Å². The highest BCUT2D eigenvalue weighted by Gasteiger charge is 2.14. The molecule has 6 nitrogen and oxygen atoms in total. The summed E-state index contributed by atoms with van der Waals surface area (Å²) in [6.07, 6.45) is 0. The molecule has 0 aliphatic carbocycles. The second kappa shape index (κ2) is 4.17. The van der Waals surface area contributed by atoms with Crippen LogP contribution in [0, 0.1) is 0 Å². The third-order valence-corrected chi connectivity index (χ3v) is 3.74. The van der Waals surface area contributed by atoms with Crippen molar-refractivity contribution < 1.29 is 21.4 Å². The molecule has 0 heterocycles. The Morgan fingerprint density at radius 2 is 1.50 bits per heavy atom. The molecule has 0 aromatic carbocycles. The van der Waals surface area contributed by atoms with E-state index in [0.717, 1.165) is 0 Å². The van der Waals surface area contributed by atoms with Crippen LogP contribution >= 0.6 is 0 Å². The molecule has 0 saturated heterocycles. The molecule has 3 N–H and O–H groups in total. The molecule has 8 heteroatoms. The predicted octanol–water partition coefficient (Wildman–Crippen LogP) is -1.75. The molecule has 0 aromatic rings. The van der Waals surface area contributed by atoms with E-state index >= 15 is 0 Å². The summed E-state index contributed by atoms with van der Waals surface area (Å²) in [5, 5.41) is 0. The lowest BCUT2D eigenvalue weighted by molar-refractivity contribution is 0.484. The van der Waals surface area contributed by atoms with E-state index in [1.807, 2.05) is 0 Å². The minimum absolute atomic E-state index is 0.0478. The third kappa shape index (κ3) is 6.53. The fraction of sp³-hybridized carbons (Fsp3) is 1.00. The number of hydrogen-bond donors (Lipinski definition) is 2. The van der Waals surface area contributed by atoms with Crippen LogP contribution in [0.2, 0.25) is 0 Å². The molecule has 0 fully saturated rings. The molecule has 12 heavy (non-hydrogen) atoms. The summed E-state index contributed by atoms with van der Waals surface area (Å²) in [5.41, 5.74) is 4.96. The lowest BCUT2D eigenvalue weighted by atomic mass is 10.8. The maximum absolute atomic E-state index is 10.8. The molecule has 0 rings (SSSR count). The molecule has 0 amide bonds. The lowest BCUT2D eigenvalue weighted by Crippen LogP contribution is -2.23. The Kier molecular flexibility index (Phi) is 4.11. The van der Waals surface area contributed by atoms with Crippen LogP contribution in [0.5, 0.6) is 0 Å². The van der Waals surface area contributed by atoms with E-state index in [1.54, 1.807) is 0 Å². The van der Waals surface area contributed by atoms with Crippen LogP contribution in [-0.2, 0) is 20.0 Å². The standard InChI is InChI=1S/C4H11NO5S2/c5-1-2-11(6,7)3-4-12(8,9)10/h1-5H2,(H,8,9,10). The van der Waals surface area contributed by atoms with E-state index in [2.05, 4.69) is 0 Å². The zero-order chi connectivity index (χ0) is 9.83. The highest BCUT2D eigenvalue weighted by Crippen LogP contribution is 1.91. The number of hydrogen-bond acceptors (Lipinski definition) is 5. The second-order valence-corrected chi connectivity index (χ2v) is 6.10. The largest absolute Gasteiger partial charge is 0.329 e. The fourth-order valence-corrected chi connectivity index (χ4v) is 2.94. The molecule has 0 aliphatic rings. The molecule has 0 radical (unpaired) electrons. The monoisotopic (exact) mass is 217 g/mol. The van der Waals surface area contributed by atoms with Gasteiger partial charge in [-0.3, -0.25) is 4.55 Å². The first-order chi connectivity index (χ1) is 5.27. The minimum atomic E-state index is -4.20. The molecular weight excluding hydrogens is 206 g/mol. The fourth-order valence-electron chi connectivity index (χ4n) is 0.514. The van der Waals surface area contributed by atoms with Gasteiger partial charge in [-0.05, 0) is 0 Å². The average Bonchev–Trinajstić information content (AvgIpc) is 1.83. The first kappa shape index (κ1) is 11.8. The van der Waals surface area contributed by atoms with Crippen molar-refractivity contribution in [2.45, 2.75) is 0 Å². The van der Waals surface area contributed by atoms with Crippen LogP contribution < -0.4 is 5.73 Å². The normalized spacial score (nSPS) is 13.2. The Morgan fingerprint density at radius 3 is 1.83 bits per heavy atom. The van der Waals surface area contributed by atoms with Crippen LogP contribution in [0.3, 0.4) is 0 Å². The summed E-state index contributed by atoms with van der Waals surface area (Å²) in [4.78, 5) is 0. The molecule has 0 spiro atoms. The van der Waals surface area contributed by atoms with Gasteiger partial charge in [-0.2, -0.15) is 8.42 Å². The van der Waals surface area contributed by atoms with E-state index in [-0.39, 0.29) is 12.3 Å². The van der Waals surface area contributed by atoms with Gasteiger partial charge in [-0.15, -0.1) is 0 Å². The van der Waals surface area contributed by atoms with Crippen molar-refractivity contribution in [1.29, 1.82) is 0 Å². The van der Waals surface area contributed by atoms with Crippen molar-refractivity contribution in [3.8, 4) is 0 Å². The van der Waals surface area contributed by atoms with Gasteiger partial charge in [0.05, 0.1) is 17.3 Å². The van der Waals surface area contributed by atoms with Crippen molar-refractivity contribution in [3.63, 3.8) is 0 Å². The third-order valence-electron chi connectivity index (χ3n) is 1.08. The summed E-state index contributed by atoms with van der Waals surface area (Å²) < 4.78 is 50.2. The lowest BCUT2D eigenvalue weighted by Gasteiger charge is -1.99. The highest BCUT2D eigenvalue weighted by molar-refractivity contribution is 7.93. The van der Waals surface area contributed by atoms with Gasteiger partial charge in [-0.25, -0.2) is 8.42 Å². The molecule has 0 aromatic heterocycles. The van der Waals surface area contributed by atoms with Gasteiger partial charge in [-0.1, -0.05) is 0 Å². The maximum atomic E-state index is 10.8. The maximum Gasteiger partial charge on any atom is 0.265 e. The van der Waals surface area contributed by atoms with Crippen molar-refractivity contribution in [2.75, 3.05) is 23.8 Å². The number of nitrogens with two attached hydrogens (primary N) is 1. The number of sulfone groups is 1. The van der Waals surface area contributed by atoms with Crippen molar-refractivity contribution >= 4 is 20.0 Å². The molecule has 0 aliphatic heterocycles. The second-order valence-electron chi connectivity index (χ2n) is 2.23. The van der Waals surface area contributed by atoms with Gasteiger partial charge >= 0.3 is 0 Å². The summed E-state index contributed by atoms with van der Waals surface area (Å²) >= 11 is 0. The summed E-state index contributed by atoms with van der Waals surface area (Å²) in [5.74, 6) is -1.61. The Balaban J connectivity index is 4.12. The minimum Gasteiger partial charge on any atom is -0.329 e. The molecule has 0 atom stereocenters. The van der Waals surface area contributed by atoms with Crippen LogP contribution in [0.1, 0.15) is 0 Å². The van der Waals surface area contributed by atoms with E-state index in [1.165, 1.54) is 0 Å². The van der Waals surface area contributed by atoms with Gasteiger partial charge in [0.2, 0.25) is 0 Å². The molecular formula is C4H11NO5S2. The van der Waals surface area contributed by atoms with Gasteiger partial charge in [0.25, 0.3) is 10.1 Å². The smallest absolute Gasteiger partial charge is 0.265 e. The van der Waals surface area contributed by atoms with E-state index < -0.39 is 31.5 Å². The van der Waals surface area contributed by atoms with Crippen LogP contribution in [-0.4, -0.2) is 45.2 Å². The Hall–Kier alpha value is -0.180. The van der Waals surface area contributed by atoms with Crippen molar-refractivity contribution in [3.05, 3.63) is 0 Å². The van der Waals surface area contributed by atoms with E-state index in [9.17, 15) is 16.8 Å².